The molecule has 24 heavy (non-hydrogen) atoms. The van der Waals surface area contributed by atoms with Crippen LogP contribution in [0.1, 0.15) is 28.9 Å². The Bertz CT molecular complexity index is 816. The van der Waals surface area contributed by atoms with Crippen LogP contribution in [0, 0.1) is 0 Å². The van der Waals surface area contributed by atoms with E-state index < -0.39 is 17.9 Å². The average Bonchev–Trinajstić information content (AvgIpc) is 3.07. The number of benzene rings is 1. The molecule has 0 bridgehead atoms. The van der Waals surface area contributed by atoms with Crippen LogP contribution in [0.2, 0.25) is 0 Å². The third-order valence-corrected chi connectivity index (χ3v) is 4.06. The summed E-state index contributed by atoms with van der Waals surface area (Å²) in [6.45, 7) is 0.637. The number of carbonyl (C=O) groups excluding carboxylic acids is 1. The number of amides is 1. The van der Waals surface area contributed by atoms with Gasteiger partial charge in [-0.05, 0) is 24.5 Å². The maximum Gasteiger partial charge on any atom is 0.326 e. The van der Waals surface area contributed by atoms with Gasteiger partial charge in [0.1, 0.15) is 11.7 Å². The molecule has 2 heterocycles. The van der Waals surface area contributed by atoms with Crippen molar-refractivity contribution in [3.63, 3.8) is 0 Å². The Balaban J connectivity index is 1.86. The van der Waals surface area contributed by atoms with Crippen LogP contribution < -0.4 is 5.56 Å². The summed E-state index contributed by atoms with van der Waals surface area (Å²) in [6, 6.07) is 11.1. The van der Waals surface area contributed by atoms with Gasteiger partial charge in [0.25, 0.3) is 11.5 Å². The van der Waals surface area contributed by atoms with Crippen LogP contribution >= 0.6 is 0 Å². The minimum Gasteiger partial charge on any atom is -0.480 e. The lowest BCUT2D eigenvalue weighted by Crippen LogP contribution is -2.41. The number of carbonyl (C=O) groups is 2. The lowest BCUT2D eigenvalue weighted by atomic mass is 10.2. The van der Waals surface area contributed by atoms with Crippen LogP contribution in [0.25, 0.3) is 0 Å². The predicted octanol–water partition coefficient (Wildman–Crippen LogP) is 0.981. The lowest BCUT2D eigenvalue weighted by Gasteiger charge is -2.21. The molecular formula is C17H17N3O4. The fourth-order valence-electron chi connectivity index (χ4n) is 2.85. The molecule has 7 nitrogen and oxygen atoms in total. The molecule has 1 atom stereocenters. The van der Waals surface area contributed by atoms with E-state index in [0.29, 0.717) is 19.4 Å². The number of likely N-dealkylation sites (tertiary alicyclic amines) is 1. The van der Waals surface area contributed by atoms with E-state index in [1.807, 2.05) is 30.3 Å². The van der Waals surface area contributed by atoms with Crippen molar-refractivity contribution in [2.45, 2.75) is 25.4 Å². The Morgan fingerprint density at radius 2 is 1.92 bits per heavy atom. The van der Waals surface area contributed by atoms with Crippen molar-refractivity contribution in [3.8, 4) is 0 Å². The normalized spacial score (nSPS) is 17.0. The number of rotatable bonds is 4. The van der Waals surface area contributed by atoms with E-state index in [2.05, 4.69) is 5.10 Å². The molecule has 1 amide bonds. The molecule has 7 heteroatoms. The molecule has 1 aromatic heterocycles. The van der Waals surface area contributed by atoms with Crippen molar-refractivity contribution >= 4 is 11.9 Å². The number of nitrogens with zero attached hydrogens (tertiary/aromatic N) is 3. The summed E-state index contributed by atoms with van der Waals surface area (Å²) >= 11 is 0. The molecule has 1 aromatic carbocycles. The molecule has 3 rings (SSSR count). The van der Waals surface area contributed by atoms with Crippen LogP contribution in [0.4, 0.5) is 0 Å². The first-order chi connectivity index (χ1) is 11.6. The van der Waals surface area contributed by atoms with Crippen LogP contribution in [-0.2, 0) is 11.3 Å². The van der Waals surface area contributed by atoms with Gasteiger partial charge in [0.15, 0.2) is 0 Å². The molecule has 0 saturated carbocycles. The summed E-state index contributed by atoms with van der Waals surface area (Å²) in [5.74, 6) is -1.47. The topological polar surface area (TPSA) is 92.5 Å². The van der Waals surface area contributed by atoms with Gasteiger partial charge in [-0.15, -0.1) is 0 Å². The van der Waals surface area contributed by atoms with Gasteiger partial charge in [-0.1, -0.05) is 30.3 Å². The van der Waals surface area contributed by atoms with Gasteiger partial charge < -0.3 is 10.0 Å². The molecule has 0 aliphatic carbocycles. The minimum absolute atomic E-state index is 0.0821. The van der Waals surface area contributed by atoms with Gasteiger partial charge in [0.05, 0.1) is 6.54 Å². The molecule has 0 radical (unpaired) electrons. The summed E-state index contributed by atoms with van der Waals surface area (Å²) in [5.41, 5.74) is 0.659. The third kappa shape index (κ3) is 3.19. The number of carboxylic acid groups (broad SMARTS) is 1. The summed E-state index contributed by atoms with van der Waals surface area (Å²) in [4.78, 5) is 37.1. The molecule has 1 N–H and O–H groups in total. The van der Waals surface area contributed by atoms with E-state index in [-0.39, 0.29) is 17.8 Å². The van der Waals surface area contributed by atoms with Crippen molar-refractivity contribution in [2.75, 3.05) is 6.54 Å². The Morgan fingerprint density at radius 3 is 2.62 bits per heavy atom. The second-order valence-corrected chi connectivity index (χ2v) is 5.69. The zero-order valence-corrected chi connectivity index (χ0v) is 13.0. The highest BCUT2D eigenvalue weighted by Gasteiger charge is 2.35. The first-order valence-corrected chi connectivity index (χ1v) is 7.72. The summed E-state index contributed by atoms with van der Waals surface area (Å²) in [5, 5.41) is 13.3. The highest BCUT2D eigenvalue weighted by Crippen LogP contribution is 2.19. The zero-order chi connectivity index (χ0) is 17.1. The first-order valence-electron chi connectivity index (χ1n) is 7.72. The Hall–Kier alpha value is -2.96. The monoisotopic (exact) mass is 327 g/mol. The van der Waals surface area contributed by atoms with E-state index in [1.54, 1.807) is 0 Å². The Labute approximate surface area is 138 Å². The maximum atomic E-state index is 12.6. The van der Waals surface area contributed by atoms with Crippen molar-refractivity contribution in [1.82, 2.24) is 14.7 Å². The lowest BCUT2D eigenvalue weighted by molar-refractivity contribution is -0.141. The second kappa shape index (κ2) is 6.66. The van der Waals surface area contributed by atoms with Crippen LogP contribution in [0.5, 0.6) is 0 Å². The molecule has 0 spiro atoms. The maximum absolute atomic E-state index is 12.6. The van der Waals surface area contributed by atoms with E-state index in [0.717, 1.165) is 5.56 Å². The van der Waals surface area contributed by atoms with Crippen LogP contribution in [0.15, 0.2) is 47.3 Å². The second-order valence-electron chi connectivity index (χ2n) is 5.69. The smallest absolute Gasteiger partial charge is 0.326 e. The summed E-state index contributed by atoms with van der Waals surface area (Å²) < 4.78 is 1.22. The Morgan fingerprint density at radius 1 is 1.17 bits per heavy atom. The van der Waals surface area contributed by atoms with E-state index >= 15 is 0 Å². The van der Waals surface area contributed by atoms with Gasteiger partial charge in [-0.25, -0.2) is 9.48 Å². The fourth-order valence-corrected chi connectivity index (χ4v) is 2.85. The largest absolute Gasteiger partial charge is 0.480 e. The van der Waals surface area contributed by atoms with E-state index in [9.17, 15) is 19.5 Å². The van der Waals surface area contributed by atoms with Gasteiger partial charge in [-0.3, -0.25) is 9.59 Å². The predicted molar refractivity (Wildman–Crippen MR) is 85.7 cm³/mol. The standard InChI is InChI=1S/C17H17N3O4/c21-15-9-8-13(16(22)19-10-4-7-14(19)17(23)24)18-20(15)11-12-5-2-1-3-6-12/h1-3,5-6,8-9,14H,4,7,10-11H2,(H,23,24). The van der Waals surface area contributed by atoms with Gasteiger partial charge >= 0.3 is 5.97 Å². The van der Waals surface area contributed by atoms with Crippen molar-refractivity contribution in [1.29, 1.82) is 0 Å². The molecule has 1 saturated heterocycles. The SMILES string of the molecule is O=C(O)C1CCCN1C(=O)c1ccc(=O)n(Cc2ccccc2)n1. The number of aliphatic carboxylic acids is 1. The van der Waals surface area contributed by atoms with Crippen LogP contribution in [-0.4, -0.2) is 44.3 Å². The first kappa shape index (κ1) is 15.9. The quantitative estimate of drug-likeness (QED) is 0.904. The summed E-state index contributed by atoms with van der Waals surface area (Å²) in [6.07, 6.45) is 1.08. The average molecular weight is 327 g/mol. The van der Waals surface area contributed by atoms with Crippen molar-refractivity contribution in [3.05, 3.63) is 64.1 Å². The minimum atomic E-state index is -1.02. The van der Waals surface area contributed by atoms with Crippen molar-refractivity contribution < 1.29 is 14.7 Å². The summed E-state index contributed by atoms with van der Waals surface area (Å²) in [7, 11) is 0. The van der Waals surface area contributed by atoms with Crippen LogP contribution in [0.3, 0.4) is 0 Å². The highest BCUT2D eigenvalue weighted by atomic mass is 16.4. The number of hydrogen-bond acceptors (Lipinski definition) is 4. The molecule has 1 fully saturated rings. The number of carboxylic acids is 1. The van der Waals surface area contributed by atoms with E-state index in [1.165, 1.54) is 21.7 Å². The van der Waals surface area contributed by atoms with Gasteiger partial charge in [0.2, 0.25) is 0 Å². The highest BCUT2D eigenvalue weighted by molar-refractivity contribution is 5.95. The Kier molecular flexibility index (Phi) is 4.41. The van der Waals surface area contributed by atoms with Crippen molar-refractivity contribution in [2.24, 2.45) is 0 Å². The van der Waals surface area contributed by atoms with Gasteiger partial charge in [0, 0.05) is 12.6 Å². The molecule has 1 unspecified atom stereocenters. The fraction of sp³-hybridized carbons (Fsp3) is 0.294. The van der Waals surface area contributed by atoms with E-state index in [4.69, 9.17) is 0 Å². The molecule has 124 valence electrons. The molecular weight excluding hydrogens is 310 g/mol. The molecule has 1 aliphatic heterocycles. The molecule has 2 aromatic rings. The molecule has 1 aliphatic rings. The third-order valence-electron chi connectivity index (χ3n) is 4.06. The number of hydrogen-bond donors (Lipinski definition) is 1. The van der Waals surface area contributed by atoms with Gasteiger partial charge in [-0.2, -0.15) is 5.10 Å². The zero-order valence-electron chi connectivity index (χ0n) is 13.0. The number of aromatic nitrogens is 2.